The molecule has 1 aliphatic heterocycles. The summed E-state index contributed by atoms with van der Waals surface area (Å²) >= 11 is 0. The molecule has 1 aromatic heterocycles. The zero-order valence-electron chi connectivity index (χ0n) is 11.2. The zero-order valence-corrected chi connectivity index (χ0v) is 11.2. The highest BCUT2D eigenvalue weighted by molar-refractivity contribution is 4.92. The fraction of sp³-hybridized carbons (Fsp3) is 0.833. The van der Waals surface area contributed by atoms with Gasteiger partial charge in [0.15, 0.2) is 5.82 Å². The molecule has 2 heterocycles. The van der Waals surface area contributed by atoms with Crippen molar-refractivity contribution >= 4 is 0 Å². The van der Waals surface area contributed by atoms with Crippen molar-refractivity contribution < 1.29 is 4.52 Å². The van der Waals surface area contributed by atoms with Crippen LogP contribution < -0.4 is 0 Å². The molecule has 0 bridgehead atoms. The molecule has 5 heteroatoms. The minimum atomic E-state index is 0.227. The normalized spacial score (nSPS) is 21.0. The van der Waals surface area contributed by atoms with Crippen molar-refractivity contribution in [2.45, 2.75) is 39.8 Å². The number of rotatable bonds is 3. The van der Waals surface area contributed by atoms with E-state index in [1.165, 1.54) is 0 Å². The smallest absolute Gasteiger partial charge is 0.243 e. The van der Waals surface area contributed by atoms with E-state index in [1.54, 1.807) is 0 Å². The minimum Gasteiger partial charge on any atom is -0.338 e. The lowest BCUT2D eigenvalue weighted by molar-refractivity contribution is 0.0722. The number of hydrogen-bond donors (Lipinski definition) is 0. The van der Waals surface area contributed by atoms with Crippen molar-refractivity contribution in [3.8, 4) is 0 Å². The number of nitrogens with zero attached hydrogens (tertiary/aromatic N) is 4. The largest absolute Gasteiger partial charge is 0.338 e. The van der Waals surface area contributed by atoms with E-state index in [1.807, 2.05) is 6.92 Å². The van der Waals surface area contributed by atoms with Crippen LogP contribution in [0.25, 0.3) is 0 Å². The maximum absolute atomic E-state index is 5.24. The fourth-order valence-corrected chi connectivity index (χ4v) is 2.28. The summed E-state index contributed by atoms with van der Waals surface area (Å²) in [5.74, 6) is 1.45. The lowest BCUT2D eigenvalue weighted by atomic mass is 10.2. The predicted octanol–water partition coefficient (Wildman–Crippen LogP) is 1.47. The third-order valence-corrected chi connectivity index (χ3v) is 3.53. The van der Waals surface area contributed by atoms with Crippen LogP contribution >= 0.6 is 0 Å². The number of hydrogen-bond acceptors (Lipinski definition) is 5. The first kappa shape index (κ1) is 12.5. The van der Waals surface area contributed by atoms with E-state index in [-0.39, 0.29) is 6.04 Å². The Labute approximate surface area is 103 Å². The standard InChI is InChI=1S/C12H22N4O/c1-9(2)15-5-7-16(8-6-15)10(3)12-13-11(4)14-17-12/h9-10H,5-8H2,1-4H3/t10-/m1/s1. The minimum absolute atomic E-state index is 0.227. The Morgan fingerprint density at radius 2 is 1.65 bits per heavy atom. The second-order valence-electron chi connectivity index (χ2n) is 5.02. The van der Waals surface area contributed by atoms with Crippen molar-refractivity contribution in [3.05, 3.63) is 11.7 Å². The first-order valence-corrected chi connectivity index (χ1v) is 6.36. The molecule has 0 aromatic carbocycles. The summed E-state index contributed by atoms with van der Waals surface area (Å²) in [6, 6.07) is 0.864. The van der Waals surface area contributed by atoms with E-state index < -0.39 is 0 Å². The van der Waals surface area contributed by atoms with Gasteiger partial charge in [0.25, 0.3) is 0 Å². The van der Waals surface area contributed by atoms with Gasteiger partial charge in [0.2, 0.25) is 5.89 Å². The third kappa shape index (κ3) is 2.84. The van der Waals surface area contributed by atoms with Gasteiger partial charge in [-0.25, -0.2) is 0 Å². The average molecular weight is 238 g/mol. The Kier molecular flexibility index (Phi) is 3.79. The van der Waals surface area contributed by atoms with Crippen LogP contribution in [0.3, 0.4) is 0 Å². The first-order chi connectivity index (χ1) is 8.08. The van der Waals surface area contributed by atoms with E-state index in [0.717, 1.165) is 32.1 Å². The lowest BCUT2D eigenvalue weighted by Crippen LogP contribution is -2.49. The van der Waals surface area contributed by atoms with Crippen LogP contribution in [0.4, 0.5) is 0 Å². The second-order valence-corrected chi connectivity index (χ2v) is 5.02. The van der Waals surface area contributed by atoms with Crippen LogP contribution in [-0.2, 0) is 0 Å². The Morgan fingerprint density at radius 1 is 1.06 bits per heavy atom. The summed E-state index contributed by atoms with van der Waals surface area (Å²) in [6.45, 7) is 12.9. The van der Waals surface area contributed by atoms with Crippen molar-refractivity contribution in [2.75, 3.05) is 26.2 Å². The zero-order chi connectivity index (χ0) is 12.4. The van der Waals surface area contributed by atoms with Crippen LogP contribution in [0, 0.1) is 6.92 Å². The van der Waals surface area contributed by atoms with Crippen molar-refractivity contribution in [1.82, 2.24) is 19.9 Å². The molecule has 1 aliphatic rings. The van der Waals surface area contributed by atoms with Crippen LogP contribution in [0.1, 0.15) is 38.5 Å². The molecule has 0 aliphatic carbocycles. The molecule has 0 N–H and O–H groups in total. The molecule has 0 radical (unpaired) electrons. The number of aromatic nitrogens is 2. The Balaban J connectivity index is 1.92. The van der Waals surface area contributed by atoms with E-state index in [9.17, 15) is 0 Å². The van der Waals surface area contributed by atoms with Crippen LogP contribution in [0.5, 0.6) is 0 Å². The summed E-state index contributed by atoms with van der Waals surface area (Å²) in [6.07, 6.45) is 0. The summed E-state index contributed by atoms with van der Waals surface area (Å²) in [5.41, 5.74) is 0. The maximum atomic E-state index is 5.24. The van der Waals surface area contributed by atoms with Crippen LogP contribution in [0.2, 0.25) is 0 Å². The molecule has 5 nitrogen and oxygen atoms in total. The third-order valence-electron chi connectivity index (χ3n) is 3.53. The highest BCUT2D eigenvalue weighted by atomic mass is 16.5. The van der Waals surface area contributed by atoms with Gasteiger partial charge in [-0.3, -0.25) is 9.80 Å². The molecule has 2 rings (SSSR count). The maximum Gasteiger partial charge on any atom is 0.243 e. The molecule has 0 amide bonds. The highest BCUT2D eigenvalue weighted by Gasteiger charge is 2.25. The summed E-state index contributed by atoms with van der Waals surface area (Å²) in [7, 11) is 0. The van der Waals surface area contributed by atoms with Gasteiger partial charge in [-0.05, 0) is 27.7 Å². The molecule has 1 aromatic rings. The molecule has 96 valence electrons. The fourth-order valence-electron chi connectivity index (χ4n) is 2.28. The predicted molar refractivity (Wildman–Crippen MR) is 65.7 cm³/mol. The van der Waals surface area contributed by atoms with Crippen molar-refractivity contribution in [2.24, 2.45) is 0 Å². The summed E-state index contributed by atoms with van der Waals surface area (Å²) < 4.78 is 5.24. The average Bonchev–Trinajstić information content (AvgIpc) is 2.75. The Morgan fingerprint density at radius 3 is 2.12 bits per heavy atom. The molecule has 1 fully saturated rings. The van der Waals surface area contributed by atoms with Crippen LogP contribution in [-0.4, -0.2) is 52.2 Å². The Bertz CT molecular complexity index is 355. The van der Waals surface area contributed by atoms with Gasteiger partial charge in [0, 0.05) is 32.2 Å². The first-order valence-electron chi connectivity index (χ1n) is 6.36. The molecular formula is C12H22N4O. The molecule has 1 atom stereocenters. The summed E-state index contributed by atoms with van der Waals surface area (Å²) in [4.78, 5) is 9.22. The molecule has 1 saturated heterocycles. The van der Waals surface area contributed by atoms with Gasteiger partial charge >= 0.3 is 0 Å². The molecule has 17 heavy (non-hydrogen) atoms. The van der Waals surface area contributed by atoms with Gasteiger partial charge in [0.05, 0.1) is 6.04 Å². The molecule has 0 unspecified atom stereocenters. The molecule has 0 saturated carbocycles. The topological polar surface area (TPSA) is 45.4 Å². The van der Waals surface area contributed by atoms with Gasteiger partial charge < -0.3 is 4.52 Å². The number of piperazine rings is 1. The quantitative estimate of drug-likeness (QED) is 0.798. The Hall–Kier alpha value is -0.940. The van der Waals surface area contributed by atoms with Crippen LogP contribution in [0.15, 0.2) is 4.52 Å². The van der Waals surface area contributed by atoms with E-state index >= 15 is 0 Å². The van der Waals surface area contributed by atoms with Gasteiger partial charge in [-0.15, -0.1) is 0 Å². The van der Waals surface area contributed by atoms with E-state index in [2.05, 4.69) is 40.7 Å². The molecule has 0 spiro atoms. The van der Waals surface area contributed by atoms with Gasteiger partial charge in [0.1, 0.15) is 0 Å². The van der Waals surface area contributed by atoms with Crippen molar-refractivity contribution in [1.29, 1.82) is 0 Å². The van der Waals surface area contributed by atoms with Crippen molar-refractivity contribution in [3.63, 3.8) is 0 Å². The SMILES string of the molecule is Cc1noc([C@@H](C)N2CCN(C(C)C)CC2)n1. The summed E-state index contributed by atoms with van der Waals surface area (Å²) in [5, 5.41) is 3.85. The van der Waals surface area contributed by atoms with Gasteiger partial charge in [-0.2, -0.15) is 4.98 Å². The van der Waals surface area contributed by atoms with Gasteiger partial charge in [-0.1, -0.05) is 5.16 Å². The number of aryl methyl sites for hydroxylation is 1. The lowest BCUT2D eigenvalue weighted by Gasteiger charge is -2.38. The monoisotopic (exact) mass is 238 g/mol. The second kappa shape index (κ2) is 5.14. The highest BCUT2D eigenvalue weighted by Crippen LogP contribution is 2.20. The molecular weight excluding hydrogens is 216 g/mol. The van der Waals surface area contributed by atoms with E-state index in [4.69, 9.17) is 4.52 Å². The van der Waals surface area contributed by atoms with E-state index in [0.29, 0.717) is 11.9 Å².